The maximum atomic E-state index is 10.9. The van der Waals surface area contributed by atoms with E-state index in [0.717, 1.165) is 11.6 Å². The van der Waals surface area contributed by atoms with Crippen molar-refractivity contribution in [2.24, 2.45) is 0 Å². The number of rotatable bonds is 5. The fourth-order valence-corrected chi connectivity index (χ4v) is 3.64. The van der Waals surface area contributed by atoms with Crippen molar-refractivity contribution in [2.75, 3.05) is 0 Å². The van der Waals surface area contributed by atoms with Crippen molar-refractivity contribution >= 4 is 20.3 Å². The molecule has 1 radical (unpaired) electrons. The van der Waals surface area contributed by atoms with Crippen molar-refractivity contribution < 1.29 is 4.79 Å². The highest BCUT2D eigenvalue weighted by atomic mass is 28.3. The van der Waals surface area contributed by atoms with Crippen LogP contribution in [0.4, 0.5) is 0 Å². The van der Waals surface area contributed by atoms with E-state index in [9.17, 15) is 4.79 Å². The zero-order valence-corrected chi connectivity index (χ0v) is 10.1. The lowest BCUT2D eigenvalue weighted by molar-refractivity contribution is 0.563. The first-order valence-corrected chi connectivity index (χ1v) is 6.94. The minimum Gasteiger partial charge on any atom is -0.285 e. The van der Waals surface area contributed by atoms with Gasteiger partial charge >= 0.3 is 0 Å². The normalized spacial score (nSPS) is 10.0. The molecule has 0 aliphatic carbocycles. The molecule has 0 fully saturated rings. The van der Waals surface area contributed by atoms with Crippen LogP contribution in [-0.4, -0.2) is 15.1 Å². The molecule has 1 rings (SSSR count). The molecular formula is C13H15OSi. The first kappa shape index (κ1) is 11.7. The molecule has 0 amide bonds. The van der Waals surface area contributed by atoms with E-state index in [1.54, 1.807) is 0 Å². The highest BCUT2D eigenvalue weighted by Crippen LogP contribution is 2.05. The van der Waals surface area contributed by atoms with Crippen molar-refractivity contribution in [1.29, 1.82) is 0 Å². The molecule has 1 aromatic rings. The van der Waals surface area contributed by atoms with Crippen LogP contribution in [0, 0.1) is 0 Å². The Kier molecular flexibility index (Phi) is 4.25. The molecule has 0 bridgehead atoms. The highest BCUT2D eigenvalue weighted by molar-refractivity contribution is 6.83. The molecule has 1 nitrogen and oxygen atoms in total. The number of hydrogen-bond acceptors (Lipinski definition) is 1. The summed E-state index contributed by atoms with van der Waals surface area (Å²) >= 11 is 0. The molecule has 0 aliphatic heterocycles. The van der Waals surface area contributed by atoms with E-state index in [-0.39, 0.29) is 0 Å². The van der Waals surface area contributed by atoms with Crippen LogP contribution in [0.1, 0.15) is 18.1 Å². The van der Waals surface area contributed by atoms with Crippen LogP contribution < -0.4 is 5.19 Å². The molecule has 0 unspecified atom stereocenters. The number of carbonyl (C=O) groups excluding carboxylic acids is 1. The van der Waals surface area contributed by atoms with Crippen LogP contribution in [-0.2, 0) is 11.2 Å². The zero-order chi connectivity index (χ0) is 11.3. The van der Waals surface area contributed by atoms with Gasteiger partial charge in [0.25, 0.3) is 0 Å². The van der Waals surface area contributed by atoms with Crippen molar-refractivity contribution in [3.05, 3.63) is 53.9 Å². The Labute approximate surface area is 92.7 Å². The van der Waals surface area contributed by atoms with Crippen molar-refractivity contribution in [2.45, 2.75) is 13.3 Å². The van der Waals surface area contributed by atoms with Crippen molar-refractivity contribution in [3.63, 3.8) is 0 Å². The van der Waals surface area contributed by atoms with Gasteiger partial charge in [0.05, 0.1) is 0 Å². The smallest absolute Gasteiger partial charge is 0.233 e. The molecule has 0 heterocycles. The largest absolute Gasteiger partial charge is 0.285 e. The summed E-state index contributed by atoms with van der Waals surface area (Å²) < 4.78 is 0. The maximum Gasteiger partial charge on any atom is 0.233 e. The minimum absolute atomic E-state index is 0.672. The SMILES string of the molecule is C=C[SiH](C=C)c1c([C]=O)cccc1CC. The van der Waals surface area contributed by atoms with E-state index in [0.29, 0.717) is 5.56 Å². The first-order valence-electron chi connectivity index (χ1n) is 5.03. The van der Waals surface area contributed by atoms with Gasteiger partial charge in [-0.15, -0.1) is 13.2 Å². The van der Waals surface area contributed by atoms with Gasteiger partial charge in [-0.2, -0.15) is 0 Å². The van der Waals surface area contributed by atoms with Crippen molar-refractivity contribution in [1.82, 2.24) is 0 Å². The summed E-state index contributed by atoms with van der Waals surface area (Å²) in [6.45, 7) is 9.73. The molecule has 0 saturated heterocycles. The second kappa shape index (κ2) is 5.46. The average Bonchev–Trinajstić information content (AvgIpc) is 2.30. The third-order valence-electron chi connectivity index (χ3n) is 2.53. The molecule has 1 aromatic carbocycles. The number of benzene rings is 1. The molecule has 0 spiro atoms. The summed E-state index contributed by atoms with van der Waals surface area (Å²) in [4.78, 5) is 10.9. The minimum atomic E-state index is -1.40. The second-order valence-corrected chi connectivity index (χ2v) is 5.90. The Bertz CT molecular complexity index is 374. The fraction of sp³-hybridized carbons (Fsp3) is 0.154. The summed E-state index contributed by atoms with van der Waals surface area (Å²) in [5.41, 5.74) is 5.75. The predicted octanol–water partition coefficient (Wildman–Crippen LogP) is 1.59. The van der Waals surface area contributed by atoms with Gasteiger partial charge in [-0.3, -0.25) is 4.79 Å². The molecular weight excluding hydrogens is 200 g/mol. The Balaban J connectivity index is 3.38. The average molecular weight is 215 g/mol. The summed E-state index contributed by atoms with van der Waals surface area (Å²) in [5.74, 6) is 0. The van der Waals surface area contributed by atoms with Gasteiger partial charge in [-0.25, -0.2) is 0 Å². The standard InChI is InChI=1S/C13H15OSi/c1-4-11-8-7-9-12(10-14)13(11)15(5-2)6-3/h5-9,15H,2-4H2,1H3. The zero-order valence-electron chi connectivity index (χ0n) is 8.99. The quantitative estimate of drug-likeness (QED) is 0.682. The molecule has 0 aromatic heterocycles. The summed E-state index contributed by atoms with van der Waals surface area (Å²) in [5, 5.41) is 1.12. The fourth-order valence-electron chi connectivity index (χ4n) is 1.74. The van der Waals surface area contributed by atoms with Crippen LogP contribution in [0.5, 0.6) is 0 Å². The van der Waals surface area contributed by atoms with E-state index >= 15 is 0 Å². The molecule has 2 heteroatoms. The van der Waals surface area contributed by atoms with E-state index in [1.807, 2.05) is 29.8 Å². The molecule has 0 atom stereocenters. The number of hydrogen-bond donors (Lipinski definition) is 0. The molecule has 0 N–H and O–H groups in total. The van der Waals surface area contributed by atoms with E-state index in [4.69, 9.17) is 0 Å². The van der Waals surface area contributed by atoms with E-state index in [1.165, 1.54) is 5.56 Å². The lowest BCUT2D eigenvalue weighted by atomic mass is 10.1. The molecule has 0 saturated carbocycles. The van der Waals surface area contributed by atoms with Gasteiger partial charge < -0.3 is 0 Å². The summed E-state index contributed by atoms with van der Waals surface area (Å²) in [6.07, 6.45) is 2.94. The van der Waals surface area contributed by atoms with Gasteiger partial charge in [0, 0.05) is 5.56 Å². The van der Waals surface area contributed by atoms with Crippen LogP contribution in [0.3, 0.4) is 0 Å². The predicted molar refractivity (Wildman–Crippen MR) is 67.8 cm³/mol. The summed E-state index contributed by atoms with van der Waals surface area (Å²) in [7, 11) is -1.40. The highest BCUT2D eigenvalue weighted by Gasteiger charge is 2.14. The second-order valence-electron chi connectivity index (χ2n) is 3.33. The number of aryl methyl sites for hydroxylation is 1. The van der Waals surface area contributed by atoms with E-state index < -0.39 is 8.80 Å². The lowest BCUT2D eigenvalue weighted by Crippen LogP contribution is -2.32. The first-order chi connectivity index (χ1) is 7.28. The van der Waals surface area contributed by atoms with Crippen molar-refractivity contribution in [3.8, 4) is 0 Å². The van der Waals surface area contributed by atoms with Gasteiger partial charge in [-0.1, -0.05) is 36.5 Å². The van der Waals surface area contributed by atoms with Gasteiger partial charge in [-0.05, 0) is 17.2 Å². The van der Waals surface area contributed by atoms with Crippen LogP contribution in [0.25, 0.3) is 0 Å². The third-order valence-corrected chi connectivity index (χ3v) is 4.89. The molecule has 0 aliphatic rings. The van der Waals surface area contributed by atoms with Crippen LogP contribution in [0.2, 0.25) is 0 Å². The Morgan fingerprint density at radius 2 is 2.07 bits per heavy atom. The Morgan fingerprint density at radius 1 is 1.40 bits per heavy atom. The topological polar surface area (TPSA) is 17.1 Å². The van der Waals surface area contributed by atoms with Gasteiger partial charge in [0.2, 0.25) is 6.29 Å². The maximum absolute atomic E-state index is 10.9. The van der Waals surface area contributed by atoms with Crippen LogP contribution in [0.15, 0.2) is 42.8 Å². The Morgan fingerprint density at radius 3 is 2.53 bits per heavy atom. The summed E-state index contributed by atoms with van der Waals surface area (Å²) in [6, 6.07) is 5.78. The Hall–Kier alpha value is -1.41. The van der Waals surface area contributed by atoms with Crippen LogP contribution >= 0.6 is 0 Å². The van der Waals surface area contributed by atoms with E-state index in [2.05, 4.69) is 26.1 Å². The molecule has 15 heavy (non-hydrogen) atoms. The third kappa shape index (κ3) is 2.33. The lowest BCUT2D eigenvalue weighted by Gasteiger charge is -2.13. The monoisotopic (exact) mass is 215 g/mol. The van der Waals surface area contributed by atoms with Gasteiger partial charge in [0.15, 0.2) is 0 Å². The molecule has 77 valence electrons. The van der Waals surface area contributed by atoms with Gasteiger partial charge in [0.1, 0.15) is 8.80 Å².